The van der Waals surface area contributed by atoms with Crippen molar-refractivity contribution in [1.82, 2.24) is 24.8 Å². The quantitative estimate of drug-likeness (QED) is 0.796. The Labute approximate surface area is 171 Å². The van der Waals surface area contributed by atoms with Gasteiger partial charge in [-0.05, 0) is 38.3 Å². The monoisotopic (exact) mass is 393 g/mol. The van der Waals surface area contributed by atoms with E-state index in [1.807, 2.05) is 34.9 Å². The summed E-state index contributed by atoms with van der Waals surface area (Å²) in [4.78, 5) is 42.0. The molecule has 29 heavy (non-hydrogen) atoms. The molecule has 7 heteroatoms. The number of piperidine rings is 2. The molecular weight excluding hydrogens is 366 g/mol. The molecule has 2 saturated heterocycles. The third-order valence-electron chi connectivity index (χ3n) is 6.09. The summed E-state index contributed by atoms with van der Waals surface area (Å²) in [5, 5.41) is 0. The third kappa shape index (κ3) is 4.44. The molecule has 2 fully saturated rings. The van der Waals surface area contributed by atoms with E-state index >= 15 is 0 Å². The predicted octanol–water partition coefficient (Wildman–Crippen LogP) is 2.27. The highest BCUT2D eigenvalue weighted by atomic mass is 16.2. The minimum Gasteiger partial charge on any atom is -0.342 e. The highest BCUT2D eigenvalue weighted by Gasteiger charge is 2.42. The molecule has 2 amide bonds. The van der Waals surface area contributed by atoms with E-state index in [0.29, 0.717) is 37.4 Å². The minimum absolute atomic E-state index is 0.0130. The molecule has 4 heterocycles. The Balaban J connectivity index is 1.43. The van der Waals surface area contributed by atoms with Gasteiger partial charge in [0.15, 0.2) is 0 Å². The van der Waals surface area contributed by atoms with Crippen molar-refractivity contribution < 1.29 is 9.59 Å². The van der Waals surface area contributed by atoms with E-state index in [1.54, 1.807) is 18.6 Å². The van der Waals surface area contributed by atoms with Crippen LogP contribution in [0.15, 0.2) is 36.8 Å². The molecule has 0 aliphatic carbocycles. The van der Waals surface area contributed by atoms with Crippen LogP contribution in [-0.2, 0) is 11.2 Å². The smallest absolute Gasteiger partial charge is 0.257 e. The molecule has 2 aromatic rings. The molecule has 0 saturated carbocycles. The number of hydrogen-bond acceptors (Lipinski definition) is 5. The molecule has 0 aromatic carbocycles. The fourth-order valence-electron chi connectivity index (χ4n) is 4.50. The van der Waals surface area contributed by atoms with Gasteiger partial charge >= 0.3 is 0 Å². The third-order valence-corrected chi connectivity index (χ3v) is 6.09. The van der Waals surface area contributed by atoms with Crippen LogP contribution >= 0.6 is 0 Å². The summed E-state index contributed by atoms with van der Waals surface area (Å²) in [6, 6.07) is 5.87. The van der Waals surface area contributed by atoms with Crippen molar-refractivity contribution in [3.05, 3.63) is 53.9 Å². The van der Waals surface area contributed by atoms with Crippen LogP contribution in [-0.4, -0.2) is 62.7 Å². The van der Waals surface area contributed by atoms with Gasteiger partial charge < -0.3 is 9.80 Å². The number of pyridine rings is 1. The van der Waals surface area contributed by atoms with Crippen LogP contribution in [0.5, 0.6) is 0 Å². The van der Waals surface area contributed by atoms with Gasteiger partial charge in [-0.2, -0.15) is 0 Å². The summed E-state index contributed by atoms with van der Waals surface area (Å²) in [5.41, 5.74) is 1.52. The second-order valence-electron chi connectivity index (χ2n) is 8.24. The molecule has 152 valence electrons. The SMILES string of the molecule is Cc1ncc(C(=O)N2CCCC3(CCC(=O)N(CCc4ccccn4)C3)C2)cn1. The molecule has 1 unspecified atom stereocenters. The van der Waals surface area contributed by atoms with Gasteiger partial charge in [-0.15, -0.1) is 0 Å². The predicted molar refractivity (Wildman–Crippen MR) is 108 cm³/mol. The molecular formula is C22H27N5O2. The lowest BCUT2D eigenvalue weighted by atomic mass is 9.73. The van der Waals surface area contributed by atoms with E-state index in [9.17, 15) is 9.59 Å². The van der Waals surface area contributed by atoms with Crippen LogP contribution < -0.4 is 0 Å². The van der Waals surface area contributed by atoms with Crippen LogP contribution in [0, 0.1) is 12.3 Å². The first-order valence-corrected chi connectivity index (χ1v) is 10.3. The molecule has 2 aliphatic rings. The second kappa shape index (κ2) is 8.27. The molecule has 0 bridgehead atoms. The lowest BCUT2D eigenvalue weighted by molar-refractivity contribution is -0.138. The normalized spacial score (nSPS) is 22.2. The summed E-state index contributed by atoms with van der Waals surface area (Å²) in [7, 11) is 0. The zero-order chi connectivity index (χ0) is 20.3. The second-order valence-corrected chi connectivity index (χ2v) is 8.24. The van der Waals surface area contributed by atoms with E-state index in [0.717, 1.165) is 37.9 Å². The van der Waals surface area contributed by atoms with E-state index in [1.165, 1.54) is 0 Å². The van der Waals surface area contributed by atoms with Crippen molar-refractivity contribution in [2.45, 2.75) is 39.0 Å². The number of aryl methyl sites for hydroxylation is 1. The number of aromatic nitrogens is 3. The highest BCUT2D eigenvalue weighted by molar-refractivity contribution is 5.93. The van der Waals surface area contributed by atoms with E-state index in [4.69, 9.17) is 0 Å². The van der Waals surface area contributed by atoms with Gasteiger partial charge in [0, 0.05) is 68.7 Å². The van der Waals surface area contributed by atoms with Crippen molar-refractivity contribution in [3.8, 4) is 0 Å². The number of rotatable bonds is 4. The number of carbonyl (C=O) groups excluding carboxylic acids is 2. The van der Waals surface area contributed by atoms with E-state index in [2.05, 4.69) is 15.0 Å². The zero-order valence-corrected chi connectivity index (χ0v) is 16.9. The number of carbonyl (C=O) groups is 2. The fraction of sp³-hybridized carbons (Fsp3) is 0.500. The van der Waals surface area contributed by atoms with Crippen molar-refractivity contribution >= 4 is 11.8 Å². The molecule has 0 N–H and O–H groups in total. The average molecular weight is 393 g/mol. The molecule has 1 atom stereocenters. The summed E-state index contributed by atoms with van der Waals surface area (Å²) < 4.78 is 0. The Morgan fingerprint density at radius 2 is 1.97 bits per heavy atom. The van der Waals surface area contributed by atoms with Crippen LogP contribution in [0.3, 0.4) is 0 Å². The maximum Gasteiger partial charge on any atom is 0.257 e. The van der Waals surface area contributed by atoms with Crippen LogP contribution in [0.25, 0.3) is 0 Å². The van der Waals surface area contributed by atoms with Gasteiger partial charge in [0.2, 0.25) is 5.91 Å². The van der Waals surface area contributed by atoms with E-state index in [-0.39, 0.29) is 17.2 Å². The van der Waals surface area contributed by atoms with E-state index < -0.39 is 0 Å². The standard InChI is InChI=1S/C22H27N5O2/c1-17-24-13-18(14-25-17)21(29)27-11-4-8-22(16-27)9-6-20(28)26(15-22)12-7-19-5-2-3-10-23-19/h2-3,5,10,13-14H,4,6-9,11-12,15-16H2,1H3. The minimum atomic E-state index is -0.0164. The number of hydrogen-bond donors (Lipinski definition) is 0. The zero-order valence-electron chi connectivity index (χ0n) is 16.9. The van der Waals surface area contributed by atoms with Crippen LogP contribution in [0.1, 0.15) is 47.6 Å². The van der Waals surface area contributed by atoms with Gasteiger partial charge in [0.25, 0.3) is 5.91 Å². The Morgan fingerprint density at radius 1 is 1.14 bits per heavy atom. The van der Waals surface area contributed by atoms with Gasteiger partial charge in [-0.3, -0.25) is 14.6 Å². The summed E-state index contributed by atoms with van der Waals surface area (Å²) in [6.07, 6.45) is 9.17. The van der Waals surface area contributed by atoms with Crippen molar-refractivity contribution in [2.24, 2.45) is 5.41 Å². The number of likely N-dealkylation sites (tertiary alicyclic amines) is 2. The molecule has 0 radical (unpaired) electrons. The number of amides is 2. The first-order valence-electron chi connectivity index (χ1n) is 10.3. The molecule has 2 aliphatic heterocycles. The van der Waals surface area contributed by atoms with Gasteiger partial charge in [-0.1, -0.05) is 6.07 Å². The molecule has 4 rings (SSSR count). The van der Waals surface area contributed by atoms with Gasteiger partial charge in [-0.25, -0.2) is 9.97 Å². The Morgan fingerprint density at radius 3 is 2.72 bits per heavy atom. The Kier molecular flexibility index (Phi) is 5.56. The lowest BCUT2D eigenvalue weighted by Gasteiger charge is -2.48. The van der Waals surface area contributed by atoms with Crippen molar-refractivity contribution in [2.75, 3.05) is 26.2 Å². The lowest BCUT2D eigenvalue weighted by Crippen LogP contribution is -2.55. The number of nitrogens with zero attached hydrogens (tertiary/aromatic N) is 5. The van der Waals surface area contributed by atoms with Gasteiger partial charge in [0.05, 0.1) is 5.56 Å². The highest BCUT2D eigenvalue weighted by Crippen LogP contribution is 2.39. The van der Waals surface area contributed by atoms with Crippen LogP contribution in [0.2, 0.25) is 0 Å². The Bertz CT molecular complexity index is 871. The van der Waals surface area contributed by atoms with Gasteiger partial charge in [0.1, 0.15) is 5.82 Å². The van der Waals surface area contributed by atoms with Crippen molar-refractivity contribution in [1.29, 1.82) is 0 Å². The molecule has 7 nitrogen and oxygen atoms in total. The maximum atomic E-state index is 13.0. The van der Waals surface area contributed by atoms with Crippen molar-refractivity contribution in [3.63, 3.8) is 0 Å². The Hall–Kier alpha value is -2.83. The topological polar surface area (TPSA) is 79.3 Å². The first kappa shape index (κ1) is 19.5. The van der Waals surface area contributed by atoms with Crippen LogP contribution in [0.4, 0.5) is 0 Å². The average Bonchev–Trinajstić information content (AvgIpc) is 2.75. The summed E-state index contributed by atoms with van der Waals surface area (Å²) >= 11 is 0. The first-order chi connectivity index (χ1) is 14.0. The molecule has 2 aromatic heterocycles. The fourth-order valence-corrected chi connectivity index (χ4v) is 4.50. The summed E-state index contributed by atoms with van der Waals surface area (Å²) in [5.74, 6) is 0.856. The summed E-state index contributed by atoms with van der Waals surface area (Å²) in [6.45, 7) is 4.64. The molecule has 1 spiro atoms. The maximum absolute atomic E-state index is 13.0. The largest absolute Gasteiger partial charge is 0.342 e.